The largest absolute Gasteiger partial charge is 0.481 e. The molecule has 0 saturated carbocycles. The number of hydrogen-bond acceptors (Lipinski definition) is 15. The van der Waals surface area contributed by atoms with Crippen LogP contribution in [0.15, 0.2) is 30.3 Å². The van der Waals surface area contributed by atoms with Crippen molar-refractivity contribution in [3.05, 3.63) is 35.9 Å². The van der Waals surface area contributed by atoms with Gasteiger partial charge in [0.15, 0.2) is 0 Å². The van der Waals surface area contributed by atoms with Crippen molar-refractivity contribution >= 4 is 77.0 Å². The third-order valence-electron chi connectivity index (χ3n) is 12.7. The Labute approximate surface area is 458 Å². The molecule has 0 aromatic heterocycles. The summed E-state index contributed by atoms with van der Waals surface area (Å²) >= 11 is 0. The number of primary amides is 1. The van der Waals surface area contributed by atoms with Crippen molar-refractivity contribution in [3.8, 4) is 0 Å². The molecule has 0 fully saturated rings. The van der Waals surface area contributed by atoms with E-state index in [9.17, 15) is 82.8 Å². The van der Waals surface area contributed by atoms with Crippen LogP contribution in [-0.4, -0.2) is 158 Å². The highest BCUT2D eigenvalue weighted by molar-refractivity contribution is 5.99. The van der Waals surface area contributed by atoms with E-state index >= 15 is 0 Å². The quantitative estimate of drug-likeness (QED) is 0.0313. The molecule has 18 N–H and O–H groups in total. The minimum absolute atomic E-state index is 0.0424. The van der Waals surface area contributed by atoms with Crippen LogP contribution in [0.4, 0.5) is 0 Å². The van der Waals surface area contributed by atoms with Gasteiger partial charge < -0.3 is 80.2 Å². The van der Waals surface area contributed by atoms with Crippen LogP contribution in [0.3, 0.4) is 0 Å². The summed E-state index contributed by atoms with van der Waals surface area (Å²) in [7, 11) is 0. The number of rotatable bonds is 39. The summed E-state index contributed by atoms with van der Waals surface area (Å²) in [5, 5.41) is 57.6. The van der Waals surface area contributed by atoms with Crippen LogP contribution in [0.2, 0.25) is 0 Å². The molecule has 0 aliphatic heterocycles. The lowest BCUT2D eigenvalue weighted by Gasteiger charge is -2.31. The predicted octanol–water partition coefficient (Wildman–Crippen LogP) is -2.13. The maximum atomic E-state index is 14.2. The number of carboxylic acids is 4. The molecule has 1 aromatic rings. The van der Waals surface area contributed by atoms with E-state index in [0.29, 0.717) is 12.8 Å². The van der Waals surface area contributed by atoms with Gasteiger partial charge in [0.25, 0.3) is 0 Å². The number of nitrogens with two attached hydrogens (primary N) is 3. The molecule has 0 heterocycles. The molecule has 0 unspecified atom stereocenters. The number of unbranched alkanes of at least 4 members (excludes halogenated alkanes) is 1. The van der Waals surface area contributed by atoms with Gasteiger partial charge in [-0.25, -0.2) is 4.79 Å². The molecule has 0 radical (unpaired) electrons. The number of nitrogens with one attached hydrogen (secondary N) is 8. The molecular weight excluding hydrogens is 1040 g/mol. The molecule has 1 aromatic carbocycles. The second-order valence-electron chi connectivity index (χ2n) is 19.8. The van der Waals surface area contributed by atoms with Crippen molar-refractivity contribution in [1.82, 2.24) is 42.5 Å². The highest BCUT2D eigenvalue weighted by atomic mass is 16.4. The Morgan fingerprint density at radius 2 is 0.886 bits per heavy atom. The van der Waals surface area contributed by atoms with Gasteiger partial charge in [-0.05, 0) is 74.8 Å². The van der Waals surface area contributed by atoms with Crippen LogP contribution >= 0.6 is 0 Å². The van der Waals surface area contributed by atoms with Gasteiger partial charge in [0.1, 0.15) is 48.3 Å². The van der Waals surface area contributed by atoms with Gasteiger partial charge in [0.05, 0.1) is 18.9 Å². The monoisotopic (exact) mass is 1120 g/mol. The third kappa shape index (κ3) is 26.4. The Balaban J connectivity index is 3.53. The second-order valence-corrected chi connectivity index (χ2v) is 19.8. The van der Waals surface area contributed by atoms with Crippen LogP contribution in [-0.2, 0) is 68.7 Å². The summed E-state index contributed by atoms with van der Waals surface area (Å²) in [6, 6.07) is -5.48. The average Bonchev–Trinajstić information content (AvgIpc) is 3.37. The van der Waals surface area contributed by atoms with Crippen molar-refractivity contribution < 1.29 is 82.8 Å². The Morgan fingerprint density at radius 3 is 1.33 bits per heavy atom. The first-order valence-corrected chi connectivity index (χ1v) is 26.1. The van der Waals surface area contributed by atoms with Crippen LogP contribution in [0.1, 0.15) is 124 Å². The molecule has 0 saturated heterocycles. The molecule has 0 spiro atoms. The van der Waals surface area contributed by atoms with Crippen molar-refractivity contribution in [1.29, 1.82) is 0 Å². The molecule has 11 atom stereocenters. The van der Waals surface area contributed by atoms with Gasteiger partial charge in [0.2, 0.25) is 53.2 Å². The standard InChI is InChI=1S/C51H81N11O17/c1-7-27(5)41(49(76)60-36(25-40(68)69)48(75)57-33(51(78)79)16-12-13-21-52)62-50(77)42(28(6)8-2)61-45(72)32(18-20-38(64)65)56-47(74)35(24-39(66)67)59-44(71)31(17-19-37(54)63)55-46(73)34(22-26(3)4)58-43(70)30(53)23-29-14-10-9-11-15-29/h9-11,14-15,26-28,30-36,41-42H,7-8,12-13,16-25,52-53H2,1-6H3,(H2,54,63)(H,55,73)(H,56,74)(H,57,75)(H,58,70)(H,59,71)(H,60,76)(H,61,72)(H,62,77)(H,64,65)(H,66,67)(H,68,69)(H,78,79)/t27-,28-,30-,31-,32-,33-,34-,35-,36-,41-,42-/m0/s1. The van der Waals surface area contributed by atoms with E-state index in [1.807, 2.05) is 0 Å². The molecule has 0 bridgehead atoms. The van der Waals surface area contributed by atoms with Crippen molar-refractivity contribution in [3.63, 3.8) is 0 Å². The van der Waals surface area contributed by atoms with Gasteiger partial charge in [0, 0.05) is 12.8 Å². The van der Waals surface area contributed by atoms with Crippen LogP contribution in [0, 0.1) is 17.8 Å². The number of carboxylic acid groups (broad SMARTS) is 4. The summed E-state index contributed by atoms with van der Waals surface area (Å²) in [5.74, 6) is -17.2. The number of aliphatic carboxylic acids is 4. The summed E-state index contributed by atoms with van der Waals surface area (Å²) < 4.78 is 0. The number of carbonyl (C=O) groups is 13. The molecule has 28 nitrogen and oxygen atoms in total. The summed E-state index contributed by atoms with van der Waals surface area (Å²) in [6.07, 6.45) is -3.31. The summed E-state index contributed by atoms with van der Waals surface area (Å²) in [6.45, 7) is 10.1. The molecule has 0 aliphatic carbocycles. The summed E-state index contributed by atoms with van der Waals surface area (Å²) in [4.78, 5) is 170. The topological polar surface area (TPSA) is 477 Å². The molecule has 79 heavy (non-hydrogen) atoms. The van der Waals surface area contributed by atoms with E-state index in [1.54, 1.807) is 58.0 Å². The maximum Gasteiger partial charge on any atom is 0.326 e. The normalized spacial score (nSPS) is 15.3. The predicted molar refractivity (Wildman–Crippen MR) is 282 cm³/mol. The fourth-order valence-electron chi connectivity index (χ4n) is 7.80. The molecule has 442 valence electrons. The molecule has 9 amide bonds. The molecule has 0 aliphatic rings. The fourth-order valence-corrected chi connectivity index (χ4v) is 7.80. The fraction of sp³-hybridized carbons (Fsp3) is 0.627. The first kappa shape index (κ1) is 69.3. The van der Waals surface area contributed by atoms with E-state index in [0.717, 1.165) is 5.56 Å². The molecule has 28 heteroatoms. The first-order chi connectivity index (χ1) is 37.0. The van der Waals surface area contributed by atoms with Gasteiger partial charge in [-0.2, -0.15) is 0 Å². The summed E-state index contributed by atoms with van der Waals surface area (Å²) in [5.41, 5.74) is 17.7. The number of carbonyl (C=O) groups excluding carboxylic acids is 9. The van der Waals surface area contributed by atoms with E-state index < -0.39 is 182 Å². The Kier molecular flexibility index (Phi) is 31.2. The van der Waals surface area contributed by atoms with Crippen LogP contribution < -0.4 is 59.7 Å². The van der Waals surface area contributed by atoms with Gasteiger partial charge in [-0.3, -0.25) is 57.5 Å². The van der Waals surface area contributed by atoms with E-state index in [1.165, 1.54) is 13.8 Å². The van der Waals surface area contributed by atoms with Crippen molar-refractivity contribution in [2.24, 2.45) is 35.0 Å². The minimum Gasteiger partial charge on any atom is -0.481 e. The first-order valence-electron chi connectivity index (χ1n) is 26.1. The highest BCUT2D eigenvalue weighted by Gasteiger charge is 2.38. The second kappa shape index (κ2) is 35.6. The maximum absolute atomic E-state index is 14.2. The molecule has 1 rings (SSSR count). The number of amides is 9. The Morgan fingerprint density at radius 1 is 0.481 bits per heavy atom. The zero-order valence-corrected chi connectivity index (χ0v) is 45.5. The smallest absolute Gasteiger partial charge is 0.326 e. The van der Waals surface area contributed by atoms with Gasteiger partial charge in [-0.1, -0.05) is 84.7 Å². The van der Waals surface area contributed by atoms with E-state index in [2.05, 4.69) is 42.5 Å². The zero-order chi connectivity index (χ0) is 60.1. The Bertz CT molecular complexity index is 2270. The Hall–Kier alpha value is -7.75. The zero-order valence-electron chi connectivity index (χ0n) is 45.5. The SMILES string of the molecule is CC[C@H](C)[C@H](NC(=O)[C@H](CCC(=O)O)NC(=O)[C@H](CC(=O)O)NC(=O)[C@H](CCC(N)=O)NC(=O)[C@H](CC(C)C)NC(=O)[C@@H](N)Cc1ccccc1)C(=O)N[C@H](C(=O)N[C@@H](CC(=O)O)C(=O)N[C@@H](CCCCN)C(=O)O)[C@@H](C)CC. The highest BCUT2D eigenvalue weighted by Crippen LogP contribution is 2.15. The molecular formula is C51H81N11O17. The third-order valence-corrected chi connectivity index (χ3v) is 12.7. The van der Waals surface area contributed by atoms with Crippen LogP contribution in [0.25, 0.3) is 0 Å². The lowest BCUT2D eigenvalue weighted by molar-refractivity contribution is -0.144. The van der Waals surface area contributed by atoms with Gasteiger partial charge in [-0.15, -0.1) is 0 Å². The van der Waals surface area contributed by atoms with Crippen molar-refractivity contribution in [2.45, 2.75) is 179 Å². The van der Waals surface area contributed by atoms with Crippen LogP contribution in [0.5, 0.6) is 0 Å². The lowest BCUT2D eigenvalue weighted by Crippen LogP contribution is -2.62. The van der Waals surface area contributed by atoms with E-state index in [-0.39, 0.29) is 44.6 Å². The number of benzene rings is 1. The average molecular weight is 1120 g/mol. The number of hydrogen-bond donors (Lipinski definition) is 15. The minimum atomic E-state index is -2.04. The lowest BCUT2D eigenvalue weighted by atomic mass is 9.94. The van der Waals surface area contributed by atoms with Crippen molar-refractivity contribution in [2.75, 3.05) is 6.54 Å². The van der Waals surface area contributed by atoms with Gasteiger partial charge >= 0.3 is 23.9 Å². The van der Waals surface area contributed by atoms with E-state index in [4.69, 9.17) is 17.2 Å².